The Bertz CT molecular complexity index is 413. The van der Waals surface area contributed by atoms with Gasteiger partial charge in [-0.05, 0) is 63.3 Å². The highest BCUT2D eigenvalue weighted by Crippen LogP contribution is 2.60. The first kappa shape index (κ1) is 11.0. The van der Waals surface area contributed by atoms with Crippen LogP contribution < -0.4 is 5.32 Å². The summed E-state index contributed by atoms with van der Waals surface area (Å²) >= 11 is 0. The molecule has 1 aromatic rings. The van der Waals surface area contributed by atoms with Gasteiger partial charge in [-0.25, -0.2) is 4.98 Å². The predicted molar refractivity (Wildman–Crippen MR) is 71.2 cm³/mol. The van der Waals surface area contributed by atoms with Crippen LogP contribution in [0, 0.1) is 17.8 Å². The molecule has 4 aliphatic carbocycles. The average Bonchev–Trinajstić information content (AvgIpc) is 2.77. The van der Waals surface area contributed by atoms with E-state index in [9.17, 15) is 0 Å². The number of hydrogen-bond donors (Lipinski definition) is 2. The molecule has 18 heavy (non-hydrogen) atoms. The van der Waals surface area contributed by atoms with E-state index >= 15 is 0 Å². The van der Waals surface area contributed by atoms with Crippen LogP contribution in [0.5, 0.6) is 0 Å². The number of nitrogens with one attached hydrogen (secondary N) is 2. The molecule has 0 radical (unpaired) electrons. The first-order valence-electron chi connectivity index (χ1n) is 7.46. The highest BCUT2D eigenvalue weighted by Gasteiger charge is 2.52. The monoisotopic (exact) mass is 245 g/mol. The molecular formula is C15H23N3. The van der Waals surface area contributed by atoms with Crippen molar-refractivity contribution < 1.29 is 0 Å². The van der Waals surface area contributed by atoms with E-state index < -0.39 is 0 Å². The van der Waals surface area contributed by atoms with Gasteiger partial charge in [0.25, 0.3) is 0 Å². The van der Waals surface area contributed by atoms with E-state index in [1.165, 1.54) is 44.2 Å². The van der Waals surface area contributed by atoms with Gasteiger partial charge in [-0.3, -0.25) is 0 Å². The lowest BCUT2D eigenvalue weighted by molar-refractivity contribution is -0.00706. The minimum Gasteiger partial charge on any atom is -0.344 e. The van der Waals surface area contributed by atoms with Gasteiger partial charge in [0, 0.05) is 17.3 Å². The van der Waals surface area contributed by atoms with Gasteiger partial charge >= 0.3 is 0 Å². The molecule has 0 unspecified atom stereocenters. The van der Waals surface area contributed by atoms with Gasteiger partial charge in [0.05, 0.1) is 6.54 Å². The summed E-state index contributed by atoms with van der Waals surface area (Å²) in [6, 6.07) is 0. The summed E-state index contributed by atoms with van der Waals surface area (Å²) in [5, 5.41) is 3.18. The summed E-state index contributed by atoms with van der Waals surface area (Å²) in [5.41, 5.74) is 1.90. The van der Waals surface area contributed by atoms with Crippen LogP contribution in [0.4, 0.5) is 0 Å². The van der Waals surface area contributed by atoms with Crippen LogP contribution in [-0.2, 0) is 12.0 Å². The van der Waals surface area contributed by atoms with E-state index in [2.05, 4.69) is 21.5 Å². The third-order valence-electron chi connectivity index (χ3n) is 5.58. The number of aromatic amines is 1. The second-order valence-electron chi connectivity index (χ2n) is 6.97. The molecule has 5 rings (SSSR count). The normalized spacial score (nSPS) is 41.5. The van der Waals surface area contributed by atoms with E-state index in [4.69, 9.17) is 0 Å². The van der Waals surface area contributed by atoms with E-state index in [1.807, 2.05) is 7.05 Å². The number of imidazole rings is 1. The first-order valence-corrected chi connectivity index (χ1v) is 7.46. The molecule has 0 aromatic carbocycles. The minimum absolute atomic E-state index is 0.466. The molecule has 4 saturated carbocycles. The van der Waals surface area contributed by atoms with Crippen molar-refractivity contribution in [1.29, 1.82) is 0 Å². The van der Waals surface area contributed by atoms with Crippen molar-refractivity contribution in [3.8, 4) is 0 Å². The predicted octanol–water partition coefficient (Wildman–Crippen LogP) is 2.60. The highest BCUT2D eigenvalue weighted by molar-refractivity contribution is 5.22. The molecule has 0 amide bonds. The molecule has 1 aromatic heterocycles. The molecule has 3 nitrogen and oxygen atoms in total. The van der Waals surface area contributed by atoms with E-state index in [0.29, 0.717) is 5.41 Å². The van der Waals surface area contributed by atoms with Crippen LogP contribution in [0.25, 0.3) is 0 Å². The fourth-order valence-corrected chi connectivity index (χ4v) is 5.33. The third kappa shape index (κ3) is 1.56. The zero-order valence-corrected chi connectivity index (χ0v) is 11.2. The van der Waals surface area contributed by atoms with Crippen LogP contribution in [0.1, 0.15) is 50.0 Å². The zero-order valence-electron chi connectivity index (χ0n) is 11.2. The second-order valence-corrected chi connectivity index (χ2v) is 6.97. The first-order chi connectivity index (χ1) is 8.77. The zero-order chi connectivity index (χ0) is 12.2. The van der Waals surface area contributed by atoms with Gasteiger partial charge < -0.3 is 10.3 Å². The molecule has 2 N–H and O–H groups in total. The average molecular weight is 245 g/mol. The lowest BCUT2D eigenvalue weighted by Crippen LogP contribution is -2.48. The van der Waals surface area contributed by atoms with Crippen molar-refractivity contribution in [3.63, 3.8) is 0 Å². The standard InChI is InChI=1S/C15H23N3/c1-16-9-14-17-8-13(18-14)15-5-10-2-11(6-15)4-12(3-10)7-15/h8,10-12,16H,2-7,9H2,1H3,(H,17,18). The SMILES string of the molecule is CNCc1ncc(C23CC4CC(CC(C4)C2)C3)[nH]1. The fourth-order valence-electron chi connectivity index (χ4n) is 5.33. The van der Waals surface area contributed by atoms with Gasteiger partial charge in [0.2, 0.25) is 0 Å². The molecular weight excluding hydrogens is 222 g/mol. The summed E-state index contributed by atoms with van der Waals surface area (Å²) in [5.74, 6) is 4.12. The lowest BCUT2D eigenvalue weighted by atomic mass is 9.49. The molecule has 4 bridgehead atoms. The molecule has 4 fully saturated rings. The Labute approximate surface area is 109 Å². The molecule has 1 heterocycles. The Kier molecular flexibility index (Phi) is 2.35. The van der Waals surface area contributed by atoms with E-state index in [-0.39, 0.29) is 0 Å². The third-order valence-corrected chi connectivity index (χ3v) is 5.58. The fraction of sp³-hybridized carbons (Fsp3) is 0.800. The van der Waals surface area contributed by atoms with Crippen molar-refractivity contribution in [1.82, 2.24) is 15.3 Å². The smallest absolute Gasteiger partial charge is 0.120 e. The van der Waals surface area contributed by atoms with Crippen molar-refractivity contribution >= 4 is 0 Å². The summed E-state index contributed by atoms with van der Waals surface area (Å²) in [7, 11) is 1.98. The minimum atomic E-state index is 0.466. The Morgan fingerprint density at radius 3 is 2.39 bits per heavy atom. The lowest BCUT2D eigenvalue weighted by Gasteiger charge is -2.56. The topological polar surface area (TPSA) is 40.7 Å². The Balaban J connectivity index is 1.66. The summed E-state index contributed by atoms with van der Waals surface area (Å²) < 4.78 is 0. The maximum Gasteiger partial charge on any atom is 0.120 e. The second kappa shape index (κ2) is 3.83. The van der Waals surface area contributed by atoms with Crippen LogP contribution in [0.3, 0.4) is 0 Å². The van der Waals surface area contributed by atoms with E-state index in [1.54, 1.807) is 0 Å². The number of H-pyrrole nitrogens is 1. The summed E-state index contributed by atoms with van der Waals surface area (Å²) in [6.45, 7) is 0.854. The van der Waals surface area contributed by atoms with Crippen molar-refractivity contribution in [2.75, 3.05) is 7.05 Å². The largest absolute Gasteiger partial charge is 0.344 e. The maximum absolute atomic E-state index is 4.55. The summed E-state index contributed by atoms with van der Waals surface area (Å²) in [6.07, 6.45) is 10.9. The molecule has 0 saturated heterocycles. The number of aromatic nitrogens is 2. The molecule has 0 spiro atoms. The van der Waals surface area contributed by atoms with Gasteiger partial charge in [0.15, 0.2) is 0 Å². The van der Waals surface area contributed by atoms with Crippen LogP contribution >= 0.6 is 0 Å². The quantitative estimate of drug-likeness (QED) is 0.859. The molecule has 98 valence electrons. The summed E-state index contributed by atoms with van der Waals surface area (Å²) in [4.78, 5) is 8.14. The highest BCUT2D eigenvalue weighted by atomic mass is 15.0. The molecule has 0 atom stereocenters. The van der Waals surface area contributed by atoms with Crippen LogP contribution in [0.2, 0.25) is 0 Å². The van der Waals surface area contributed by atoms with Crippen LogP contribution in [0.15, 0.2) is 6.20 Å². The Hall–Kier alpha value is -0.830. The Morgan fingerprint density at radius 1 is 1.22 bits per heavy atom. The number of hydrogen-bond acceptors (Lipinski definition) is 2. The van der Waals surface area contributed by atoms with Crippen molar-refractivity contribution in [2.24, 2.45) is 17.8 Å². The number of rotatable bonds is 3. The van der Waals surface area contributed by atoms with Crippen LogP contribution in [-0.4, -0.2) is 17.0 Å². The van der Waals surface area contributed by atoms with Crippen molar-refractivity contribution in [3.05, 3.63) is 17.7 Å². The molecule has 3 heteroatoms. The van der Waals surface area contributed by atoms with Gasteiger partial charge in [-0.15, -0.1) is 0 Å². The Morgan fingerprint density at radius 2 is 1.83 bits per heavy atom. The van der Waals surface area contributed by atoms with Gasteiger partial charge in [0.1, 0.15) is 5.82 Å². The molecule has 0 aliphatic heterocycles. The van der Waals surface area contributed by atoms with Gasteiger partial charge in [-0.2, -0.15) is 0 Å². The molecule has 4 aliphatic rings. The maximum atomic E-state index is 4.55. The number of nitrogens with zero attached hydrogens (tertiary/aromatic N) is 1. The van der Waals surface area contributed by atoms with Crippen molar-refractivity contribution in [2.45, 2.75) is 50.5 Å². The van der Waals surface area contributed by atoms with E-state index in [0.717, 1.165) is 30.1 Å². The van der Waals surface area contributed by atoms with Gasteiger partial charge in [-0.1, -0.05) is 0 Å².